The van der Waals surface area contributed by atoms with Gasteiger partial charge in [-0.2, -0.15) is 5.10 Å². The molecule has 4 rings (SSSR count). The lowest BCUT2D eigenvalue weighted by Crippen LogP contribution is -2.39. The van der Waals surface area contributed by atoms with E-state index >= 15 is 0 Å². The maximum atomic E-state index is 13.2. The van der Waals surface area contributed by atoms with Crippen LogP contribution in [0.3, 0.4) is 0 Å². The summed E-state index contributed by atoms with van der Waals surface area (Å²) in [7, 11) is 3.24. The quantitative estimate of drug-likeness (QED) is 0.524. The summed E-state index contributed by atoms with van der Waals surface area (Å²) in [5.74, 6) is -1.19. The Balaban J connectivity index is 1.41. The van der Waals surface area contributed by atoms with Gasteiger partial charge >= 0.3 is 0 Å². The van der Waals surface area contributed by atoms with E-state index in [0.29, 0.717) is 38.3 Å². The van der Waals surface area contributed by atoms with Crippen molar-refractivity contribution in [2.45, 2.75) is 26.1 Å². The maximum absolute atomic E-state index is 13.2. The third-order valence-corrected chi connectivity index (χ3v) is 6.00. The minimum atomic E-state index is -0.426. The van der Waals surface area contributed by atoms with Crippen molar-refractivity contribution in [2.24, 2.45) is 0 Å². The van der Waals surface area contributed by atoms with Gasteiger partial charge in [-0.1, -0.05) is 42.5 Å². The lowest BCUT2D eigenvalue weighted by molar-refractivity contribution is -0.130. The van der Waals surface area contributed by atoms with E-state index in [1.807, 2.05) is 30.3 Å². The van der Waals surface area contributed by atoms with Gasteiger partial charge < -0.3 is 14.7 Å². The molecule has 0 N–H and O–H groups in total. The summed E-state index contributed by atoms with van der Waals surface area (Å²) in [6.45, 7) is 1.71. The van der Waals surface area contributed by atoms with Crippen LogP contribution in [0.2, 0.25) is 0 Å². The molecule has 3 amide bonds. The van der Waals surface area contributed by atoms with Gasteiger partial charge in [0, 0.05) is 46.3 Å². The minimum Gasteiger partial charge on any atom is -0.340 e. The van der Waals surface area contributed by atoms with Gasteiger partial charge in [0.2, 0.25) is 5.91 Å². The highest BCUT2D eigenvalue weighted by atomic mass is 19.1. The van der Waals surface area contributed by atoms with Crippen LogP contribution in [0.5, 0.6) is 0 Å². The standard InChI is InChI=1S/C26H28FN5O3/c1-29(16-19-7-4-3-5-8-19)24(33)18-30(2)25(34)22-15-23-26(35)31(13-6-14-32(23)28-22)17-20-9-11-21(27)12-10-20/h3-5,7-12,15H,6,13-14,16-18H2,1-2H3. The molecule has 0 saturated carbocycles. The monoisotopic (exact) mass is 477 g/mol. The molecule has 0 radical (unpaired) electrons. The van der Waals surface area contributed by atoms with Gasteiger partial charge in [0.25, 0.3) is 11.8 Å². The van der Waals surface area contributed by atoms with Crippen LogP contribution in [-0.2, 0) is 24.4 Å². The van der Waals surface area contributed by atoms with Crippen LogP contribution in [0.15, 0.2) is 60.7 Å². The number of fused-ring (bicyclic) bond motifs is 1. The first-order valence-electron chi connectivity index (χ1n) is 11.5. The second-order valence-corrected chi connectivity index (χ2v) is 8.74. The average molecular weight is 478 g/mol. The number of benzene rings is 2. The van der Waals surface area contributed by atoms with Gasteiger partial charge in [0.1, 0.15) is 11.5 Å². The first-order chi connectivity index (χ1) is 16.8. The number of nitrogens with zero attached hydrogens (tertiary/aromatic N) is 5. The lowest BCUT2D eigenvalue weighted by Gasteiger charge is -2.22. The Bertz CT molecular complexity index is 1210. The SMILES string of the molecule is CN(Cc1ccccc1)C(=O)CN(C)C(=O)c1cc2n(n1)CCCN(Cc1ccc(F)cc1)C2=O. The molecule has 8 nitrogen and oxygen atoms in total. The van der Waals surface area contributed by atoms with E-state index in [1.165, 1.54) is 23.1 Å². The van der Waals surface area contributed by atoms with E-state index in [9.17, 15) is 18.8 Å². The number of aromatic nitrogens is 2. The van der Waals surface area contributed by atoms with Crippen molar-refractivity contribution in [2.75, 3.05) is 27.2 Å². The summed E-state index contributed by atoms with van der Waals surface area (Å²) in [4.78, 5) is 43.4. The van der Waals surface area contributed by atoms with Crippen molar-refractivity contribution in [1.82, 2.24) is 24.5 Å². The van der Waals surface area contributed by atoms with Crippen molar-refractivity contribution in [3.05, 3.63) is 89.0 Å². The fourth-order valence-corrected chi connectivity index (χ4v) is 4.04. The molecule has 3 aromatic rings. The number of halogens is 1. The Hall–Kier alpha value is -4.01. The normalized spacial score (nSPS) is 13.2. The zero-order valence-electron chi connectivity index (χ0n) is 19.9. The van der Waals surface area contributed by atoms with E-state index in [4.69, 9.17) is 0 Å². The highest BCUT2D eigenvalue weighted by Gasteiger charge is 2.28. The van der Waals surface area contributed by atoms with Crippen LogP contribution < -0.4 is 0 Å². The van der Waals surface area contributed by atoms with Gasteiger partial charge in [-0.25, -0.2) is 4.39 Å². The Morgan fingerprint density at radius 1 is 0.971 bits per heavy atom. The molecule has 2 heterocycles. The predicted octanol–water partition coefficient (Wildman–Crippen LogP) is 2.80. The van der Waals surface area contributed by atoms with E-state index in [2.05, 4.69) is 5.10 Å². The molecule has 2 aromatic carbocycles. The Labute approximate surface area is 203 Å². The fourth-order valence-electron chi connectivity index (χ4n) is 4.04. The minimum absolute atomic E-state index is 0.102. The number of amides is 3. The molecule has 0 bridgehead atoms. The third-order valence-electron chi connectivity index (χ3n) is 6.00. The molecule has 0 unspecified atom stereocenters. The summed E-state index contributed by atoms with van der Waals surface area (Å²) in [6.07, 6.45) is 0.674. The van der Waals surface area contributed by atoms with Crippen molar-refractivity contribution < 1.29 is 18.8 Å². The van der Waals surface area contributed by atoms with E-state index in [1.54, 1.807) is 40.7 Å². The molecule has 9 heteroatoms. The second kappa shape index (κ2) is 10.5. The molecule has 0 aliphatic carbocycles. The second-order valence-electron chi connectivity index (χ2n) is 8.74. The number of rotatable bonds is 7. The van der Waals surface area contributed by atoms with Crippen LogP contribution in [0.25, 0.3) is 0 Å². The molecular formula is C26H28FN5O3. The Morgan fingerprint density at radius 2 is 1.69 bits per heavy atom. The largest absolute Gasteiger partial charge is 0.340 e. The molecule has 35 heavy (non-hydrogen) atoms. The first kappa shape index (κ1) is 24.1. The predicted molar refractivity (Wildman–Crippen MR) is 128 cm³/mol. The third kappa shape index (κ3) is 5.74. The first-order valence-corrected chi connectivity index (χ1v) is 11.5. The average Bonchev–Trinajstić information content (AvgIpc) is 3.22. The zero-order chi connectivity index (χ0) is 24.9. The van der Waals surface area contributed by atoms with Gasteiger partial charge in [-0.15, -0.1) is 0 Å². The highest BCUT2D eigenvalue weighted by molar-refractivity contribution is 5.99. The molecule has 0 spiro atoms. The fraction of sp³-hybridized carbons (Fsp3) is 0.308. The summed E-state index contributed by atoms with van der Waals surface area (Å²) in [5, 5.41) is 4.36. The number of hydrogen-bond donors (Lipinski definition) is 0. The molecule has 0 fully saturated rings. The molecule has 0 atom stereocenters. The van der Waals surface area contributed by atoms with Crippen molar-refractivity contribution in [3.63, 3.8) is 0 Å². The Kier molecular flexibility index (Phi) is 7.24. The number of carbonyl (C=O) groups excluding carboxylic acids is 3. The summed E-state index contributed by atoms with van der Waals surface area (Å²) >= 11 is 0. The highest BCUT2D eigenvalue weighted by Crippen LogP contribution is 2.18. The van der Waals surface area contributed by atoms with E-state index in [-0.39, 0.29) is 29.9 Å². The molecule has 182 valence electrons. The van der Waals surface area contributed by atoms with Gasteiger partial charge in [0.15, 0.2) is 5.69 Å². The molecule has 1 aliphatic rings. The zero-order valence-corrected chi connectivity index (χ0v) is 19.9. The summed E-state index contributed by atoms with van der Waals surface area (Å²) in [5.41, 5.74) is 2.27. The molecule has 1 aromatic heterocycles. The number of aryl methyl sites for hydroxylation is 1. The van der Waals surface area contributed by atoms with Gasteiger partial charge in [-0.05, 0) is 29.7 Å². The van der Waals surface area contributed by atoms with Gasteiger partial charge in [0.05, 0.1) is 6.54 Å². The molecular weight excluding hydrogens is 449 g/mol. The topological polar surface area (TPSA) is 78.8 Å². The van der Waals surface area contributed by atoms with Crippen molar-refractivity contribution in [1.29, 1.82) is 0 Å². The Morgan fingerprint density at radius 3 is 2.40 bits per heavy atom. The summed E-state index contributed by atoms with van der Waals surface area (Å²) < 4.78 is 14.8. The smallest absolute Gasteiger partial charge is 0.274 e. The van der Waals surface area contributed by atoms with Crippen LogP contribution in [0, 0.1) is 5.82 Å². The van der Waals surface area contributed by atoms with Crippen molar-refractivity contribution in [3.8, 4) is 0 Å². The van der Waals surface area contributed by atoms with Crippen molar-refractivity contribution >= 4 is 17.7 Å². The van der Waals surface area contributed by atoms with Gasteiger partial charge in [-0.3, -0.25) is 19.1 Å². The maximum Gasteiger partial charge on any atom is 0.274 e. The number of likely N-dealkylation sites (N-methyl/N-ethyl adjacent to an activating group) is 2. The van der Waals surface area contributed by atoms with E-state index < -0.39 is 5.91 Å². The number of hydrogen-bond acceptors (Lipinski definition) is 4. The van der Waals surface area contributed by atoms with Crippen LogP contribution in [0.4, 0.5) is 4.39 Å². The van der Waals surface area contributed by atoms with E-state index in [0.717, 1.165) is 11.1 Å². The molecule has 1 aliphatic heterocycles. The molecule has 0 saturated heterocycles. The van der Waals surface area contributed by atoms with Crippen LogP contribution >= 0.6 is 0 Å². The lowest BCUT2D eigenvalue weighted by atomic mass is 10.2. The van der Waals surface area contributed by atoms with Crippen LogP contribution in [0.1, 0.15) is 38.5 Å². The van der Waals surface area contributed by atoms with Crippen LogP contribution in [-0.4, -0.2) is 69.4 Å². The summed E-state index contributed by atoms with van der Waals surface area (Å²) in [6, 6.07) is 17.1. The number of carbonyl (C=O) groups is 3.